The van der Waals surface area contributed by atoms with Crippen molar-refractivity contribution in [3.8, 4) is 23.0 Å². The van der Waals surface area contributed by atoms with E-state index in [4.69, 9.17) is 13.9 Å². The average Bonchev–Trinajstić information content (AvgIpc) is 2.56. The Bertz CT molecular complexity index is 963. The molecule has 0 aliphatic rings. The van der Waals surface area contributed by atoms with Gasteiger partial charge in [-0.15, -0.1) is 0 Å². The lowest BCUT2D eigenvalue weighted by molar-refractivity contribution is 0.394. The Morgan fingerprint density at radius 3 is 2.46 bits per heavy atom. The van der Waals surface area contributed by atoms with Gasteiger partial charge in [-0.1, -0.05) is 11.8 Å². The zero-order chi connectivity index (χ0) is 17.3. The van der Waals surface area contributed by atoms with Gasteiger partial charge in [0.25, 0.3) is 0 Å². The molecule has 0 atom stereocenters. The molecule has 0 amide bonds. The molecule has 1 heterocycles. The van der Waals surface area contributed by atoms with Crippen LogP contribution < -0.4 is 14.9 Å². The third-order valence-electron chi connectivity index (χ3n) is 3.37. The third-order valence-corrected chi connectivity index (χ3v) is 4.26. The van der Waals surface area contributed by atoms with Crippen molar-refractivity contribution in [3.05, 3.63) is 46.6 Å². The summed E-state index contributed by atoms with van der Waals surface area (Å²) in [5.41, 5.74) is 0.0884. The first-order valence-electron chi connectivity index (χ1n) is 6.91. The minimum atomic E-state index is -0.249. The van der Waals surface area contributed by atoms with Crippen LogP contribution in [0.5, 0.6) is 23.0 Å². The fourth-order valence-electron chi connectivity index (χ4n) is 2.22. The van der Waals surface area contributed by atoms with E-state index in [1.54, 1.807) is 18.2 Å². The van der Waals surface area contributed by atoms with Gasteiger partial charge >= 0.3 is 0 Å². The largest absolute Gasteiger partial charge is 0.504 e. The van der Waals surface area contributed by atoms with E-state index >= 15 is 0 Å². The van der Waals surface area contributed by atoms with Gasteiger partial charge in [0.15, 0.2) is 22.0 Å². The number of ether oxygens (including phenoxy) is 2. The molecular formula is C17H14O6S. The van der Waals surface area contributed by atoms with Crippen LogP contribution in [0.25, 0.3) is 11.0 Å². The van der Waals surface area contributed by atoms with E-state index < -0.39 is 0 Å². The Hall–Kier alpha value is -2.80. The first-order chi connectivity index (χ1) is 11.5. The van der Waals surface area contributed by atoms with Gasteiger partial charge < -0.3 is 24.1 Å². The Kier molecular flexibility index (Phi) is 4.26. The van der Waals surface area contributed by atoms with Gasteiger partial charge in [-0.3, -0.25) is 4.79 Å². The second-order valence-electron chi connectivity index (χ2n) is 4.89. The lowest BCUT2D eigenvalue weighted by Gasteiger charge is -2.09. The summed E-state index contributed by atoms with van der Waals surface area (Å²) in [4.78, 5) is 13.0. The maximum absolute atomic E-state index is 12.4. The van der Waals surface area contributed by atoms with E-state index in [0.717, 1.165) is 11.8 Å². The summed E-state index contributed by atoms with van der Waals surface area (Å²) < 4.78 is 16.2. The van der Waals surface area contributed by atoms with Crippen LogP contribution in [0.15, 0.2) is 55.6 Å². The normalized spacial score (nSPS) is 10.8. The molecule has 124 valence electrons. The molecule has 0 aliphatic carbocycles. The molecule has 0 saturated heterocycles. The standard InChI is InChI=1S/C17H14O6S/c1-21-9-5-14(22-2)17-13(20)8-16(23-15(17)6-9)24-10-3-4-11(18)12(19)7-10/h3-8,18-19H,1-2H3. The number of hydrogen-bond donors (Lipinski definition) is 2. The van der Waals surface area contributed by atoms with E-state index in [-0.39, 0.29) is 16.9 Å². The molecular weight excluding hydrogens is 332 g/mol. The smallest absolute Gasteiger partial charge is 0.197 e. The molecule has 3 aromatic rings. The Balaban J connectivity index is 2.09. The monoisotopic (exact) mass is 346 g/mol. The highest BCUT2D eigenvalue weighted by Crippen LogP contribution is 2.36. The van der Waals surface area contributed by atoms with Crippen molar-refractivity contribution >= 4 is 22.7 Å². The first kappa shape index (κ1) is 16.1. The molecule has 1 aromatic heterocycles. The van der Waals surface area contributed by atoms with E-state index in [9.17, 15) is 15.0 Å². The SMILES string of the molecule is COc1cc(OC)c2c(=O)cc(Sc3ccc(O)c(O)c3)oc2c1. The highest BCUT2D eigenvalue weighted by molar-refractivity contribution is 7.99. The minimum Gasteiger partial charge on any atom is -0.504 e. The molecule has 0 bridgehead atoms. The highest BCUT2D eigenvalue weighted by Gasteiger charge is 2.14. The van der Waals surface area contributed by atoms with Crippen molar-refractivity contribution in [1.82, 2.24) is 0 Å². The Labute approximate surface area is 141 Å². The minimum absolute atomic E-state index is 0.214. The van der Waals surface area contributed by atoms with Crippen molar-refractivity contribution in [1.29, 1.82) is 0 Å². The molecule has 0 spiro atoms. The van der Waals surface area contributed by atoms with Crippen molar-refractivity contribution < 1.29 is 24.1 Å². The number of benzene rings is 2. The quantitative estimate of drug-likeness (QED) is 0.700. The van der Waals surface area contributed by atoms with Gasteiger partial charge in [0.2, 0.25) is 0 Å². The second kappa shape index (κ2) is 6.37. The fraction of sp³-hybridized carbons (Fsp3) is 0.118. The summed E-state index contributed by atoms with van der Waals surface area (Å²) in [5.74, 6) is 0.420. The number of hydrogen-bond acceptors (Lipinski definition) is 7. The summed E-state index contributed by atoms with van der Waals surface area (Å²) in [5, 5.41) is 19.6. The number of phenols is 2. The van der Waals surface area contributed by atoms with Gasteiger partial charge in [-0.05, 0) is 18.2 Å². The van der Waals surface area contributed by atoms with Crippen LogP contribution in [0.3, 0.4) is 0 Å². The lowest BCUT2D eigenvalue weighted by atomic mass is 10.2. The van der Waals surface area contributed by atoms with Crippen molar-refractivity contribution in [2.24, 2.45) is 0 Å². The average molecular weight is 346 g/mol. The number of methoxy groups -OCH3 is 2. The van der Waals surface area contributed by atoms with Crippen molar-refractivity contribution in [2.75, 3.05) is 14.2 Å². The predicted octanol–water partition coefficient (Wildman–Crippen LogP) is 3.37. The number of aromatic hydroxyl groups is 2. The van der Waals surface area contributed by atoms with Gasteiger partial charge in [-0.25, -0.2) is 0 Å². The summed E-state index contributed by atoms with van der Waals surface area (Å²) >= 11 is 1.15. The molecule has 7 heteroatoms. The van der Waals surface area contributed by atoms with Gasteiger partial charge in [0.05, 0.1) is 14.2 Å². The number of rotatable bonds is 4. The molecule has 0 saturated carbocycles. The van der Waals surface area contributed by atoms with Crippen LogP contribution in [0.1, 0.15) is 0 Å². The molecule has 24 heavy (non-hydrogen) atoms. The maximum Gasteiger partial charge on any atom is 0.197 e. The Morgan fingerprint density at radius 2 is 1.79 bits per heavy atom. The van der Waals surface area contributed by atoms with E-state index in [2.05, 4.69) is 0 Å². The molecule has 0 fully saturated rings. The topological polar surface area (TPSA) is 89.1 Å². The third kappa shape index (κ3) is 2.98. The van der Waals surface area contributed by atoms with Crippen LogP contribution in [0.2, 0.25) is 0 Å². The molecule has 0 aliphatic heterocycles. The second-order valence-corrected chi connectivity index (χ2v) is 5.96. The van der Waals surface area contributed by atoms with E-state index in [1.165, 1.54) is 32.4 Å². The summed E-state index contributed by atoms with van der Waals surface area (Å²) in [6, 6.07) is 8.93. The highest BCUT2D eigenvalue weighted by atomic mass is 32.2. The van der Waals surface area contributed by atoms with Crippen molar-refractivity contribution in [3.63, 3.8) is 0 Å². The summed E-state index contributed by atoms with van der Waals surface area (Å²) in [6.07, 6.45) is 0. The zero-order valence-corrected chi connectivity index (χ0v) is 13.7. The summed E-state index contributed by atoms with van der Waals surface area (Å²) in [7, 11) is 2.98. The molecule has 2 N–H and O–H groups in total. The van der Waals surface area contributed by atoms with Crippen LogP contribution in [0.4, 0.5) is 0 Å². The fourth-order valence-corrected chi connectivity index (χ4v) is 3.05. The predicted molar refractivity (Wildman–Crippen MR) is 89.5 cm³/mol. The molecule has 6 nitrogen and oxygen atoms in total. The maximum atomic E-state index is 12.4. The van der Waals surface area contributed by atoms with E-state index in [1.807, 2.05) is 0 Å². The van der Waals surface area contributed by atoms with E-state index in [0.29, 0.717) is 32.5 Å². The number of phenolic OH excluding ortho intramolecular Hbond substituents is 2. The van der Waals surface area contributed by atoms with Crippen molar-refractivity contribution in [2.45, 2.75) is 9.99 Å². The number of fused-ring (bicyclic) bond motifs is 1. The molecule has 3 rings (SSSR count). The van der Waals surface area contributed by atoms with Gasteiger partial charge in [0, 0.05) is 23.1 Å². The van der Waals surface area contributed by atoms with Crippen LogP contribution >= 0.6 is 11.8 Å². The first-order valence-corrected chi connectivity index (χ1v) is 7.73. The Morgan fingerprint density at radius 1 is 1.00 bits per heavy atom. The molecule has 0 radical (unpaired) electrons. The molecule has 2 aromatic carbocycles. The van der Waals surface area contributed by atoms with Gasteiger partial charge in [0.1, 0.15) is 22.5 Å². The zero-order valence-electron chi connectivity index (χ0n) is 12.9. The molecule has 0 unspecified atom stereocenters. The van der Waals surface area contributed by atoms with Crippen LogP contribution in [-0.4, -0.2) is 24.4 Å². The van der Waals surface area contributed by atoms with Crippen LogP contribution in [0, 0.1) is 0 Å². The summed E-state index contributed by atoms with van der Waals surface area (Å²) in [6.45, 7) is 0. The van der Waals surface area contributed by atoms with Crippen LogP contribution in [-0.2, 0) is 0 Å². The van der Waals surface area contributed by atoms with Gasteiger partial charge in [-0.2, -0.15) is 0 Å². The lowest BCUT2D eigenvalue weighted by Crippen LogP contribution is -2.03.